The highest BCUT2D eigenvalue weighted by Crippen LogP contribution is 2.03. The van der Waals surface area contributed by atoms with E-state index >= 15 is 0 Å². The van der Waals surface area contributed by atoms with Crippen LogP contribution in [0.3, 0.4) is 0 Å². The Hall–Kier alpha value is -1.30. The smallest absolute Gasteiger partial charge is 0.0805 e. The molecular formula is C12H14O. The third-order valence-electron chi connectivity index (χ3n) is 1.71. The van der Waals surface area contributed by atoms with Gasteiger partial charge in [-0.3, -0.25) is 0 Å². The van der Waals surface area contributed by atoms with Crippen LogP contribution in [0.1, 0.15) is 12.5 Å². The minimum atomic E-state index is 0.0812. The van der Waals surface area contributed by atoms with Gasteiger partial charge in [-0.1, -0.05) is 36.9 Å². The first-order valence-electron chi connectivity index (χ1n) is 4.34. The van der Waals surface area contributed by atoms with E-state index in [-0.39, 0.29) is 6.10 Å². The molecule has 1 atom stereocenters. The molecule has 0 saturated carbocycles. The summed E-state index contributed by atoms with van der Waals surface area (Å²) < 4.78 is 5.51. The summed E-state index contributed by atoms with van der Waals surface area (Å²) in [6, 6.07) is 10.1. The molecule has 0 aliphatic rings. The lowest BCUT2D eigenvalue weighted by atomic mass is 10.2. The number of ether oxygens (including phenoxy) is 1. The molecule has 0 aliphatic carbocycles. The van der Waals surface area contributed by atoms with Crippen molar-refractivity contribution >= 4 is 0 Å². The van der Waals surface area contributed by atoms with Gasteiger partial charge in [0, 0.05) is 0 Å². The van der Waals surface area contributed by atoms with Crippen LogP contribution in [0.25, 0.3) is 0 Å². The standard InChI is InChI=1S/C12H14O/c1-3-7-11(2)13-10-12-8-5-4-6-9-12/h4-9,11H,1,10H2,2H3. The minimum Gasteiger partial charge on any atom is -0.369 e. The average molecular weight is 174 g/mol. The molecule has 0 amide bonds. The van der Waals surface area contributed by atoms with E-state index in [1.807, 2.05) is 43.3 Å². The Morgan fingerprint density at radius 1 is 1.46 bits per heavy atom. The van der Waals surface area contributed by atoms with E-state index in [0.29, 0.717) is 6.61 Å². The molecule has 1 rings (SSSR count). The molecule has 0 aliphatic heterocycles. The molecule has 0 spiro atoms. The van der Waals surface area contributed by atoms with E-state index in [2.05, 4.69) is 12.3 Å². The molecule has 1 aromatic carbocycles. The lowest BCUT2D eigenvalue weighted by Gasteiger charge is -2.07. The lowest BCUT2D eigenvalue weighted by molar-refractivity contribution is 0.0842. The van der Waals surface area contributed by atoms with Gasteiger partial charge in [-0.05, 0) is 18.6 Å². The first-order valence-corrected chi connectivity index (χ1v) is 4.34. The van der Waals surface area contributed by atoms with Crippen LogP contribution < -0.4 is 0 Å². The predicted octanol–water partition coefficient (Wildman–Crippen LogP) is 2.93. The van der Waals surface area contributed by atoms with Crippen LogP contribution in [-0.2, 0) is 11.3 Å². The van der Waals surface area contributed by atoms with Gasteiger partial charge in [0.2, 0.25) is 0 Å². The van der Waals surface area contributed by atoms with Crippen molar-refractivity contribution in [2.45, 2.75) is 19.6 Å². The van der Waals surface area contributed by atoms with Crippen LogP contribution in [0.15, 0.2) is 48.7 Å². The van der Waals surface area contributed by atoms with Crippen molar-refractivity contribution in [1.82, 2.24) is 0 Å². The van der Waals surface area contributed by atoms with Gasteiger partial charge in [0.25, 0.3) is 0 Å². The average Bonchev–Trinajstić information content (AvgIpc) is 2.17. The molecule has 13 heavy (non-hydrogen) atoms. The fourth-order valence-corrected chi connectivity index (χ4v) is 1.02. The maximum absolute atomic E-state index is 5.51. The lowest BCUT2D eigenvalue weighted by Crippen LogP contribution is -2.03. The first kappa shape index (κ1) is 9.79. The van der Waals surface area contributed by atoms with Crippen molar-refractivity contribution in [2.24, 2.45) is 0 Å². The molecule has 0 bridgehead atoms. The zero-order valence-corrected chi connectivity index (χ0v) is 7.86. The highest BCUT2D eigenvalue weighted by atomic mass is 16.5. The third kappa shape index (κ3) is 3.75. The molecular weight excluding hydrogens is 160 g/mol. The Kier molecular flexibility index (Phi) is 4.04. The molecule has 0 aromatic heterocycles. The van der Waals surface area contributed by atoms with Gasteiger partial charge in [0.15, 0.2) is 0 Å². The number of benzene rings is 1. The topological polar surface area (TPSA) is 9.23 Å². The van der Waals surface area contributed by atoms with Gasteiger partial charge < -0.3 is 4.74 Å². The molecule has 1 unspecified atom stereocenters. The van der Waals surface area contributed by atoms with Crippen molar-refractivity contribution < 1.29 is 4.74 Å². The van der Waals surface area contributed by atoms with Gasteiger partial charge in [0.1, 0.15) is 0 Å². The van der Waals surface area contributed by atoms with Crippen LogP contribution in [0.4, 0.5) is 0 Å². The van der Waals surface area contributed by atoms with Gasteiger partial charge >= 0.3 is 0 Å². The van der Waals surface area contributed by atoms with Crippen LogP contribution >= 0.6 is 0 Å². The van der Waals surface area contributed by atoms with Crippen molar-refractivity contribution in [3.8, 4) is 0 Å². The SMILES string of the molecule is C=C=CC(C)OCc1ccccc1. The molecule has 1 aromatic rings. The Morgan fingerprint density at radius 2 is 2.15 bits per heavy atom. The Balaban J connectivity index is 2.39. The van der Waals surface area contributed by atoms with Gasteiger partial charge in [-0.15, -0.1) is 5.73 Å². The quantitative estimate of drug-likeness (QED) is 0.638. The maximum Gasteiger partial charge on any atom is 0.0805 e. The summed E-state index contributed by atoms with van der Waals surface area (Å²) in [5, 5.41) is 0. The molecule has 1 heteroatoms. The highest BCUT2D eigenvalue weighted by molar-refractivity contribution is 5.13. The fourth-order valence-electron chi connectivity index (χ4n) is 1.02. The Labute approximate surface area is 79.4 Å². The largest absolute Gasteiger partial charge is 0.369 e. The predicted molar refractivity (Wildman–Crippen MR) is 54.4 cm³/mol. The van der Waals surface area contributed by atoms with E-state index < -0.39 is 0 Å². The van der Waals surface area contributed by atoms with Crippen LogP contribution in [0, 0.1) is 0 Å². The van der Waals surface area contributed by atoms with E-state index in [0.717, 1.165) is 0 Å². The van der Waals surface area contributed by atoms with Crippen molar-refractivity contribution in [2.75, 3.05) is 0 Å². The Bertz CT molecular complexity index is 283. The summed E-state index contributed by atoms with van der Waals surface area (Å²) in [6.45, 7) is 6.11. The molecule has 0 N–H and O–H groups in total. The third-order valence-corrected chi connectivity index (χ3v) is 1.71. The molecule has 0 saturated heterocycles. The van der Waals surface area contributed by atoms with Crippen molar-refractivity contribution in [3.63, 3.8) is 0 Å². The monoisotopic (exact) mass is 174 g/mol. The summed E-state index contributed by atoms with van der Waals surface area (Å²) in [6.07, 6.45) is 1.89. The van der Waals surface area contributed by atoms with Gasteiger partial charge in [0.05, 0.1) is 12.7 Å². The summed E-state index contributed by atoms with van der Waals surface area (Å²) >= 11 is 0. The molecule has 68 valence electrons. The molecule has 0 fully saturated rings. The first-order chi connectivity index (χ1) is 6.33. The molecule has 0 radical (unpaired) electrons. The molecule has 1 nitrogen and oxygen atoms in total. The van der Waals surface area contributed by atoms with Crippen molar-refractivity contribution in [1.29, 1.82) is 0 Å². The highest BCUT2D eigenvalue weighted by Gasteiger charge is 1.96. The second-order valence-corrected chi connectivity index (χ2v) is 2.87. The zero-order chi connectivity index (χ0) is 9.52. The minimum absolute atomic E-state index is 0.0812. The van der Waals surface area contributed by atoms with E-state index in [9.17, 15) is 0 Å². The van der Waals surface area contributed by atoms with E-state index in [4.69, 9.17) is 4.74 Å². The summed E-state index contributed by atoms with van der Waals surface area (Å²) in [5.41, 5.74) is 3.89. The van der Waals surface area contributed by atoms with E-state index in [1.165, 1.54) is 5.56 Å². The second-order valence-electron chi connectivity index (χ2n) is 2.87. The number of rotatable bonds is 4. The zero-order valence-electron chi connectivity index (χ0n) is 7.86. The van der Waals surface area contributed by atoms with Gasteiger partial charge in [-0.25, -0.2) is 0 Å². The van der Waals surface area contributed by atoms with E-state index in [1.54, 1.807) is 0 Å². The number of hydrogen-bond donors (Lipinski definition) is 0. The van der Waals surface area contributed by atoms with Crippen LogP contribution in [0.5, 0.6) is 0 Å². The van der Waals surface area contributed by atoms with Gasteiger partial charge in [-0.2, -0.15) is 0 Å². The second kappa shape index (κ2) is 5.36. The van der Waals surface area contributed by atoms with Crippen LogP contribution in [-0.4, -0.2) is 6.10 Å². The Morgan fingerprint density at radius 3 is 2.77 bits per heavy atom. The summed E-state index contributed by atoms with van der Waals surface area (Å²) in [7, 11) is 0. The van der Waals surface area contributed by atoms with Crippen LogP contribution in [0.2, 0.25) is 0 Å². The molecule has 0 heterocycles. The summed E-state index contributed by atoms with van der Waals surface area (Å²) in [5.74, 6) is 0. The normalized spacial score (nSPS) is 11.8. The fraction of sp³-hybridized carbons (Fsp3) is 0.250. The van der Waals surface area contributed by atoms with Crippen molar-refractivity contribution in [3.05, 3.63) is 54.3 Å². The summed E-state index contributed by atoms with van der Waals surface area (Å²) in [4.78, 5) is 0. The maximum atomic E-state index is 5.51. The number of hydrogen-bond acceptors (Lipinski definition) is 1.